The molecule has 1 aromatic heterocycles. The van der Waals surface area contributed by atoms with Crippen molar-refractivity contribution in [3.05, 3.63) is 83.7 Å². The molecule has 0 N–H and O–H groups in total. The molecule has 0 radical (unpaired) electrons. The van der Waals surface area contributed by atoms with Gasteiger partial charge in [0.05, 0.1) is 0 Å². The molecule has 0 amide bonds. The van der Waals surface area contributed by atoms with Crippen LogP contribution in [0.2, 0.25) is 0 Å². The summed E-state index contributed by atoms with van der Waals surface area (Å²) in [5, 5.41) is 4.23. The molecule has 3 rings (SSSR count). The molecule has 20 heavy (non-hydrogen) atoms. The normalized spacial score (nSPS) is 12.3. The van der Waals surface area contributed by atoms with Crippen LogP contribution in [0.1, 0.15) is 22.7 Å². The summed E-state index contributed by atoms with van der Waals surface area (Å²) in [6.07, 6.45) is 3.18. The monoisotopic (exact) mass is 266 g/mol. The maximum absolute atomic E-state index is 13.1. The number of benzene rings is 2. The molecule has 0 fully saturated rings. The highest BCUT2D eigenvalue weighted by Gasteiger charge is 2.16. The molecule has 0 spiro atoms. The summed E-state index contributed by atoms with van der Waals surface area (Å²) in [5.41, 5.74) is 3.26. The van der Waals surface area contributed by atoms with Crippen molar-refractivity contribution in [2.24, 2.45) is 0 Å². The van der Waals surface area contributed by atoms with Gasteiger partial charge in [-0.3, -0.25) is 0 Å². The van der Waals surface area contributed by atoms with E-state index in [-0.39, 0.29) is 11.9 Å². The van der Waals surface area contributed by atoms with E-state index in [2.05, 4.69) is 34.3 Å². The molecule has 4 heteroatoms. The van der Waals surface area contributed by atoms with E-state index in [0.29, 0.717) is 0 Å². The summed E-state index contributed by atoms with van der Waals surface area (Å²) in [5.74, 6) is -0.241. The Morgan fingerprint density at radius 2 is 1.55 bits per heavy atom. The molecule has 100 valence electrons. The SMILES string of the molecule is Cc1ccc(C(c2ccc([18F])cc2)n2cncn2)cc1. The summed E-state index contributed by atoms with van der Waals surface area (Å²) in [4.78, 5) is 4.01. The minimum Gasteiger partial charge on any atom is -0.241 e. The summed E-state index contributed by atoms with van der Waals surface area (Å²) in [6.45, 7) is 2.05. The van der Waals surface area contributed by atoms with Gasteiger partial charge in [0.25, 0.3) is 0 Å². The summed E-state index contributed by atoms with van der Waals surface area (Å²) < 4.78 is 14.9. The Hall–Kier alpha value is -2.49. The van der Waals surface area contributed by atoms with Crippen LogP contribution in [0.3, 0.4) is 0 Å². The predicted octanol–water partition coefficient (Wildman–Crippen LogP) is 3.36. The number of aromatic nitrogens is 3. The van der Waals surface area contributed by atoms with Crippen LogP contribution in [0, 0.1) is 12.7 Å². The van der Waals surface area contributed by atoms with Gasteiger partial charge in [0.1, 0.15) is 24.5 Å². The number of hydrogen-bond donors (Lipinski definition) is 0. The fourth-order valence-corrected chi connectivity index (χ4v) is 2.24. The minimum atomic E-state index is -0.241. The number of halogens is 1. The summed E-state index contributed by atoms with van der Waals surface area (Å²) >= 11 is 0. The molecule has 1 unspecified atom stereocenters. The van der Waals surface area contributed by atoms with Crippen molar-refractivity contribution < 1.29 is 4.39 Å². The molecular formula is C16H14FN3. The Balaban J connectivity index is 2.09. The molecule has 0 saturated carbocycles. The number of nitrogens with zero attached hydrogens (tertiary/aromatic N) is 3. The van der Waals surface area contributed by atoms with Crippen molar-refractivity contribution in [3.8, 4) is 0 Å². The van der Waals surface area contributed by atoms with Crippen LogP contribution < -0.4 is 0 Å². The van der Waals surface area contributed by atoms with Gasteiger partial charge in [0.15, 0.2) is 0 Å². The Morgan fingerprint density at radius 3 is 2.10 bits per heavy atom. The lowest BCUT2D eigenvalue weighted by atomic mass is 9.98. The van der Waals surface area contributed by atoms with Crippen molar-refractivity contribution in [2.75, 3.05) is 0 Å². The molecule has 0 bridgehead atoms. The van der Waals surface area contributed by atoms with Crippen LogP contribution in [0.4, 0.5) is 4.39 Å². The van der Waals surface area contributed by atoms with E-state index < -0.39 is 0 Å². The zero-order valence-corrected chi connectivity index (χ0v) is 11.1. The van der Waals surface area contributed by atoms with Gasteiger partial charge in [-0.25, -0.2) is 14.1 Å². The van der Waals surface area contributed by atoms with Crippen LogP contribution in [-0.2, 0) is 0 Å². The van der Waals surface area contributed by atoms with E-state index in [1.54, 1.807) is 23.1 Å². The van der Waals surface area contributed by atoms with E-state index in [0.717, 1.165) is 11.1 Å². The lowest BCUT2D eigenvalue weighted by Gasteiger charge is -2.18. The molecule has 0 saturated heterocycles. The van der Waals surface area contributed by atoms with Gasteiger partial charge < -0.3 is 0 Å². The first-order chi connectivity index (χ1) is 9.74. The zero-order chi connectivity index (χ0) is 13.9. The van der Waals surface area contributed by atoms with E-state index in [9.17, 15) is 4.39 Å². The fraction of sp³-hybridized carbons (Fsp3) is 0.125. The number of aryl methyl sites for hydroxylation is 1. The number of rotatable bonds is 3. The Labute approximate surface area is 116 Å². The van der Waals surface area contributed by atoms with Crippen molar-refractivity contribution in [2.45, 2.75) is 13.0 Å². The third-order valence-corrected chi connectivity index (χ3v) is 3.28. The molecule has 3 aromatic rings. The second-order valence-corrected chi connectivity index (χ2v) is 4.74. The van der Waals surface area contributed by atoms with Gasteiger partial charge in [-0.15, -0.1) is 0 Å². The van der Waals surface area contributed by atoms with Crippen LogP contribution in [-0.4, -0.2) is 14.8 Å². The smallest absolute Gasteiger partial charge is 0.137 e. The van der Waals surface area contributed by atoms with Gasteiger partial charge in [-0.2, -0.15) is 5.10 Å². The lowest BCUT2D eigenvalue weighted by molar-refractivity contribution is 0.588. The third-order valence-electron chi connectivity index (χ3n) is 3.28. The highest BCUT2D eigenvalue weighted by molar-refractivity contribution is 5.33. The fourth-order valence-electron chi connectivity index (χ4n) is 2.24. The maximum Gasteiger partial charge on any atom is 0.137 e. The van der Waals surface area contributed by atoms with Crippen molar-refractivity contribution in [1.29, 1.82) is 0 Å². The molecule has 0 aliphatic heterocycles. The standard InChI is InChI=1S/C16H14FN3/c1-12-2-4-13(5-3-12)16(20-11-18-10-19-20)14-6-8-15(17)9-7-14/h2-11,16H,1H3/i17-1. The second kappa shape index (κ2) is 5.25. The van der Waals surface area contributed by atoms with Gasteiger partial charge in [-0.1, -0.05) is 42.0 Å². The summed E-state index contributed by atoms with van der Waals surface area (Å²) in [7, 11) is 0. The highest BCUT2D eigenvalue weighted by atomic mass is 18.2. The van der Waals surface area contributed by atoms with E-state index in [1.165, 1.54) is 24.0 Å². The van der Waals surface area contributed by atoms with E-state index in [1.807, 2.05) is 6.92 Å². The molecule has 3 nitrogen and oxygen atoms in total. The van der Waals surface area contributed by atoms with Gasteiger partial charge in [-0.05, 0) is 30.2 Å². The van der Waals surface area contributed by atoms with Crippen LogP contribution in [0.5, 0.6) is 0 Å². The minimum absolute atomic E-state index is 0.0984. The highest BCUT2D eigenvalue weighted by Crippen LogP contribution is 2.26. The predicted molar refractivity (Wildman–Crippen MR) is 74.8 cm³/mol. The largest absolute Gasteiger partial charge is 0.241 e. The van der Waals surface area contributed by atoms with E-state index >= 15 is 0 Å². The van der Waals surface area contributed by atoms with Crippen molar-refractivity contribution in [3.63, 3.8) is 0 Å². The molecular weight excluding hydrogens is 252 g/mol. The number of hydrogen-bond acceptors (Lipinski definition) is 2. The first-order valence-electron chi connectivity index (χ1n) is 6.40. The summed E-state index contributed by atoms with van der Waals surface area (Å²) in [6, 6.07) is 14.6. The Kier molecular flexibility index (Phi) is 3.29. The zero-order valence-electron chi connectivity index (χ0n) is 11.1. The van der Waals surface area contributed by atoms with Gasteiger partial charge >= 0.3 is 0 Å². The topological polar surface area (TPSA) is 30.7 Å². The average molecular weight is 266 g/mol. The molecule has 1 heterocycles. The van der Waals surface area contributed by atoms with Crippen LogP contribution in [0.15, 0.2) is 61.2 Å². The lowest BCUT2D eigenvalue weighted by Crippen LogP contribution is -2.13. The first kappa shape index (κ1) is 12.5. The van der Waals surface area contributed by atoms with Gasteiger partial charge in [0.2, 0.25) is 0 Å². The molecule has 0 aliphatic carbocycles. The van der Waals surface area contributed by atoms with Crippen LogP contribution in [0.25, 0.3) is 0 Å². The Morgan fingerprint density at radius 1 is 0.950 bits per heavy atom. The maximum atomic E-state index is 13.1. The molecule has 1 atom stereocenters. The molecule has 2 aromatic carbocycles. The van der Waals surface area contributed by atoms with Crippen molar-refractivity contribution in [1.82, 2.24) is 14.8 Å². The first-order valence-corrected chi connectivity index (χ1v) is 6.40. The third kappa shape index (κ3) is 2.45. The van der Waals surface area contributed by atoms with E-state index in [4.69, 9.17) is 0 Å². The molecule has 0 aliphatic rings. The quantitative estimate of drug-likeness (QED) is 0.727. The average Bonchev–Trinajstić information content (AvgIpc) is 2.97. The van der Waals surface area contributed by atoms with Gasteiger partial charge in [0, 0.05) is 0 Å². The van der Waals surface area contributed by atoms with Crippen molar-refractivity contribution >= 4 is 0 Å². The second-order valence-electron chi connectivity index (χ2n) is 4.74. The Bertz CT molecular complexity index is 627. The van der Waals surface area contributed by atoms with Crippen LogP contribution >= 0.6 is 0 Å².